The standard InChI is InChI=1S/C23H21BrN4O3/c1-15-6-3-4-9-21(15)30-14-20-16(2)31-27-22(20)23(29)26-19-8-5-7-17(10-19)12-28-13-18(24)11-25-28/h3-11,13H,12,14H2,1-2H3,(H,26,29). The zero-order valence-electron chi connectivity index (χ0n) is 17.1. The molecule has 4 aromatic rings. The molecule has 0 atom stereocenters. The highest BCUT2D eigenvalue weighted by Crippen LogP contribution is 2.22. The van der Waals surface area contributed by atoms with Crippen LogP contribution in [-0.2, 0) is 13.2 Å². The molecule has 2 aromatic heterocycles. The lowest BCUT2D eigenvalue weighted by molar-refractivity contribution is 0.101. The number of halogens is 1. The lowest BCUT2D eigenvalue weighted by atomic mass is 10.1. The molecule has 158 valence electrons. The molecule has 7 nitrogen and oxygen atoms in total. The molecule has 1 N–H and O–H groups in total. The molecule has 0 aliphatic heterocycles. The molecule has 0 unspecified atom stereocenters. The van der Waals surface area contributed by atoms with Crippen molar-refractivity contribution in [1.29, 1.82) is 0 Å². The Labute approximate surface area is 188 Å². The minimum Gasteiger partial charge on any atom is -0.488 e. The number of rotatable bonds is 7. The van der Waals surface area contributed by atoms with Gasteiger partial charge in [0.2, 0.25) is 0 Å². The van der Waals surface area contributed by atoms with E-state index in [0.29, 0.717) is 23.6 Å². The third kappa shape index (κ3) is 5.03. The first-order chi connectivity index (χ1) is 15.0. The molecule has 31 heavy (non-hydrogen) atoms. The first kappa shape index (κ1) is 20.9. The number of amides is 1. The molecule has 2 heterocycles. The molecule has 0 saturated heterocycles. The smallest absolute Gasteiger partial charge is 0.278 e. The van der Waals surface area contributed by atoms with Gasteiger partial charge in [-0.3, -0.25) is 9.48 Å². The molecule has 8 heteroatoms. The lowest BCUT2D eigenvalue weighted by Gasteiger charge is -2.10. The third-order valence-corrected chi connectivity index (χ3v) is 5.21. The minimum absolute atomic E-state index is 0.192. The van der Waals surface area contributed by atoms with E-state index in [1.165, 1.54) is 0 Å². The Morgan fingerprint density at radius 3 is 2.81 bits per heavy atom. The van der Waals surface area contributed by atoms with Crippen LogP contribution in [0.15, 0.2) is 69.9 Å². The second-order valence-corrected chi connectivity index (χ2v) is 8.05. The van der Waals surface area contributed by atoms with Crippen LogP contribution in [0.4, 0.5) is 5.69 Å². The normalized spacial score (nSPS) is 10.8. The molecule has 0 fully saturated rings. The van der Waals surface area contributed by atoms with Gasteiger partial charge in [-0.05, 0) is 59.1 Å². The Hall–Kier alpha value is -3.39. The van der Waals surface area contributed by atoms with Gasteiger partial charge < -0.3 is 14.6 Å². The summed E-state index contributed by atoms with van der Waals surface area (Å²) in [6, 6.07) is 15.3. The maximum atomic E-state index is 12.9. The quantitative estimate of drug-likeness (QED) is 0.396. The summed E-state index contributed by atoms with van der Waals surface area (Å²) in [5.41, 5.74) is 3.53. The number of hydrogen-bond acceptors (Lipinski definition) is 5. The van der Waals surface area contributed by atoms with Crippen LogP contribution in [-0.4, -0.2) is 20.8 Å². The average molecular weight is 481 g/mol. The van der Waals surface area contributed by atoms with Crippen LogP contribution in [0.25, 0.3) is 0 Å². The van der Waals surface area contributed by atoms with E-state index in [9.17, 15) is 4.79 Å². The zero-order chi connectivity index (χ0) is 21.8. The summed E-state index contributed by atoms with van der Waals surface area (Å²) in [5.74, 6) is 0.961. The van der Waals surface area contributed by atoms with E-state index >= 15 is 0 Å². The van der Waals surface area contributed by atoms with Gasteiger partial charge in [0.1, 0.15) is 18.1 Å². The van der Waals surface area contributed by atoms with Crippen molar-refractivity contribution in [2.24, 2.45) is 0 Å². The summed E-state index contributed by atoms with van der Waals surface area (Å²) in [7, 11) is 0. The molecule has 0 bridgehead atoms. The molecule has 0 aliphatic carbocycles. The molecule has 2 aromatic carbocycles. The maximum absolute atomic E-state index is 12.9. The largest absolute Gasteiger partial charge is 0.488 e. The van der Waals surface area contributed by atoms with Gasteiger partial charge in [-0.1, -0.05) is 35.5 Å². The third-order valence-electron chi connectivity index (χ3n) is 4.80. The van der Waals surface area contributed by atoms with Crippen molar-refractivity contribution in [3.8, 4) is 5.75 Å². The number of aryl methyl sites for hydroxylation is 2. The van der Waals surface area contributed by atoms with Crippen LogP contribution in [0, 0.1) is 13.8 Å². The second-order valence-electron chi connectivity index (χ2n) is 7.13. The Bertz CT molecular complexity index is 1220. The Morgan fingerprint density at radius 1 is 1.19 bits per heavy atom. The van der Waals surface area contributed by atoms with E-state index in [4.69, 9.17) is 9.26 Å². The average Bonchev–Trinajstić information content (AvgIpc) is 3.32. The van der Waals surface area contributed by atoms with Crippen molar-refractivity contribution in [1.82, 2.24) is 14.9 Å². The van der Waals surface area contributed by atoms with Crippen LogP contribution in [0.2, 0.25) is 0 Å². The number of carbonyl (C=O) groups excluding carboxylic acids is 1. The first-order valence-electron chi connectivity index (χ1n) is 9.71. The Kier molecular flexibility index (Phi) is 6.18. The van der Waals surface area contributed by atoms with Crippen LogP contribution >= 0.6 is 15.9 Å². The molecule has 4 rings (SSSR count). The summed E-state index contributed by atoms with van der Waals surface area (Å²) < 4.78 is 13.9. The maximum Gasteiger partial charge on any atom is 0.278 e. The summed E-state index contributed by atoms with van der Waals surface area (Å²) in [6.45, 7) is 4.52. The summed E-state index contributed by atoms with van der Waals surface area (Å²) >= 11 is 3.39. The van der Waals surface area contributed by atoms with Crippen molar-refractivity contribution in [3.63, 3.8) is 0 Å². The fourth-order valence-electron chi connectivity index (χ4n) is 3.16. The second kappa shape index (κ2) is 9.18. The van der Waals surface area contributed by atoms with Gasteiger partial charge in [-0.2, -0.15) is 5.10 Å². The number of benzene rings is 2. The first-order valence-corrected chi connectivity index (χ1v) is 10.5. The molecule has 0 aliphatic rings. The number of hydrogen-bond donors (Lipinski definition) is 1. The van der Waals surface area contributed by atoms with Crippen LogP contribution < -0.4 is 10.1 Å². The van der Waals surface area contributed by atoms with Crippen LogP contribution in [0.5, 0.6) is 5.75 Å². The number of carbonyl (C=O) groups is 1. The summed E-state index contributed by atoms with van der Waals surface area (Å²) in [4.78, 5) is 12.9. The van der Waals surface area contributed by atoms with E-state index in [0.717, 1.165) is 21.3 Å². The fraction of sp³-hybridized carbons (Fsp3) is 0.174. The number of nitrogens with zero attached hydrogens (tertiary/aromatic N) is 3. The van der Waals surface area contributed by atoms with E-state index in [2.05, 4.69) is 31.5 Å². The van der Waals surface area contributed by atoms with Crippen molar-refractivity contribution in [3.05, 3.63) is 93.5 Å². The van der Waals surface area contributed by atoms with Gasteiger partial charge in [0.15, 0.2) is 5.69 Å². The highest BCUT2D eigenvalue weighted by molar-refractivity contribution is 9.10. The minimum atomic E-state index is -0.348. The van der Waals surface area contributed by atoms with Crippen molar-refractivity contribution in [2.45, 2.75) is 27.0 Å². The van der Waals surface area contributed by atoms with Gasteiger partial charge in [-0.25, -0.2) is 0 Å². The molecule has 0 radical (unpaired) electrons. The van der Waals surface area contributed by atoms with Crippen molar-refractivity contribution in [2.75, 3.05) is 5.32 Å². The molecular weight excluding hydrogens is 460 g/mol. The molecule has 1 amide bonds. The highest BCUT2D eigenvalue weighted by atomic mass is 79.9. The number of ether oxygens (including phenoxy) is 1. The number of para-hydroxylation sites is 1. The van der Waals surface area contributed by atoms with E-state index < -0.39 is 0 Å². The van der Waals surface area contributed by atoms with Crippen molar-refractivity contribution >= 4 is 27.5 Å². The fourth-order valence-corrected chi connectivity index (χ4v) is 3.49. The number of anilines is 1. The summed E-state index contributed by atoms with van der Waals surface area (Å²) in [5, 5.41) is 11.1. The molecule has 0 spiro atoms. The van der Waals surface area contributed by atoms with Gasteiger partial charge in [0, 0.05) is 11.9 Å². The van der Waals surface area contributed by atoms with Gasteiger partial charge in [0.25, 0.3) is 5.91 Å². The van der Waals surface area contributed by atoms with Crippen LogP contribution in [0.3, 0.4) is 0 Å². The predicted molar refractivity (Wildman–Crippen MR) is 120 cm³/mol. The predicted octanol–water partition coefficient (Wildman–Crippen LogP) is 5.13. The summed E-state index contributed by atoms with van der Waals surface area (Å²) in [6.07, 6.45) is 3.63. The van der Waals surface area contributed by atoms with E-state index in [1.807, 2.05) is 66.3 Å². The number of nitrogens with one attached hydrogen (secondary N) is 1. The Morgan fingerprint density at radius 2 is 2.03 bits per heavy atom. The topological polar surface area (TPSA) is 82.2 Å². The Balaban J connectivity index is 1.47. The highest BCUT2D eigenvalue weighted by Gasteiger charge is 2.21. The van der Waals surface area contributed by atoms with Gasteiger partial charge in [0.05, 0.1) is 22.8 Å². The van der Waals surface area contributed by atoms with Gasteiger partial charge in [-0.15, -0.1) is 0 Å². The molecular formula is C23H21BrN4O3. The van der Waals surface area contributed by atoms with E-state index in [1.54, 1.807) is 13.1 Å². The van der Waals surface area contributed by atoms with Crippen LogP contribution in [0.1, 0.15) is 32.9 Å². The van der Waals surface area contributed by atoms with Crippen molar-refractivity contribution < 1.29 is 14.1 Å². The number of aromatic nitrogens is 3. The lowest BCUT2D eigenvalue weighted by Crippen LogP contribution is -2.15. The van der Waals surface area contributed by atoms with Gasteiger partial charge >= 0.3 is 0 Å². The zero-order valence-corrected chi connectivity index (χ0v) is 18.7. The monoisotopic (exact) mass is 480 g/mol. The molecule has 0 saturated carbocycles. The van der Waals surface area contributed by atoms with E-state index in [-0.39, 0.29) is 18.2 Å². The SMILES string of the molecule is Cc1ccccc1OCc1c(C(=O)Nc2cccc(Cn3cc(Br)cn3)c2)noc1C.